The molecule has 2 aliphatic carbocycles. The van der Waals surface area contributed by atoms with E-state index in [4.69, 9.17) is 17.2 Å². The topological polar surface area (TPSA) is 0 Å². The second kappa shape index (κ2) is 13.8. The van der Waals surface area contributed by atoms with E-state index < -0.39 is 21.3 Å². The van der Waals surface area contributed by atoms with Gasteiger partial charge in [0, 0.05) is 0 Å². The van der Waals surface area contributed by atoms with Crippen molar-refractivity contribution in [2.75, 3.05) is 0 Å². The van der Waals surface area contributed by atoms with Gasteiger partial charge in [0.25, 0.3) is 0 Å². The first-order valence-corrected chi connectivity index (χ1v) is 41.1. The van der Waals surface area contributed by atoms with Gasteiger partial charge in [-0.3, -0.25) is 0 Å². The van der Waals surface area contributed by atoms with Gasteiger partial charge >= 0.3 is 315 Å². The van der Waals surface area contributed by atoms with Crippen LogP contribution in [0.25, 0.3) is 34.4 Å². The predicted molar refractivity (Wildman–Crippen MR) is 223 cm³/mol. The Hall–Kier alpha value is -1.97. The van der Waals surface area contributed by atoms with E-state index in [0.717, 1.165) is 25.7 Å². The first-order valence-electron chi connectivity index (χ1n) is 19.0. The van der Waals surface area contributed by atoms with Crippen LogP contribution < -0.4 is 0 Å². The van der Waals surface area contributed by atoms with Gasteiger partial charge < -0.3 is 0 Å². The molecular weight excluding hydrogens is 830 g/mol. The molecule has 2 atom stereocenters. The summed E-state index contributed by atoms with van der Waals surface area (Å²) in [6, 6.07) is 32.3. The quantitative estimate of drug-likeness (QED) is 0.147. The normalized spacial score (nSPS) is 18.4. The number of rotatable bonds is 9. The molecule has 0 radical (unpaired) electrons. The van der Waals surface area contributed by atoms with E-state index in [2.05, 4.69) is 166 Å². The van der Waals surface area contributed by atoms with Gasteiger partial charge in [-0.2, -0.15) is 0 Å². The molecule has 2 unspecified atom stereocenters. The van der Waals surface area contributed by atoms with Gasteiger partial charge in [-0.15, -0.1) is 0 Å². The molecule has 0 N–H and O–H groups in total. The van der Waals surface area contributed by atoms with E-state index >= 15 is 0 Å². The molecule has 263 valence electrons. The molecular formula is C46H57Cl2HfSi. The van der Waals surface area contributed by atoms with E-state index in [1.54, 1.807) is 0 Å². The van der Waals surface area contributed by atoms with E-state index in [1.807, 2.05) is 0 Å². The van der Waals surface area contributed by atoms with Crippen LogP contribution in [0.4, 0.5) is 0 Å². The fraction of sp³-hybridized carbons (Fsp3) is 0.391. The third-order valence-electron chi connectivity index (χ3n) is 11.7. The Bertz CT molecular complexity index is 1810. The van der Waals surface area contributed by atoms with Gasteiger partial charge in [-0.05, 0) is 0 Å². The molecule has 0 saturated carbocycles. The van der Waals surface area contributed by atoms with Crippen molar-refractivity contribution < 1.29 is 15.3 Å². The fourth-order valence-corrected chi connectivity index (χ4v) is 53.5. The summed E-state index contributed by atoms with van der Waals surface area (Å²) in [7, 11) is 17.5. The number of allylic oxidation sites excluding steroid dienone is 2. The number of benzene rings is 4. The van der Waals surface area contributed by atoms with Crippen molar-refractivity contribution in [1.82, 2.24) is 0 Å². The zero-order valence-corrected chi connectivity index (χ0v) is 38.3. The fourth-order valence-electron chi connectivity index (χ4n) is 8.88. The average molecular weight is 887 g/mol. The van der Waals surface area contributed by atoms with E-state index in [1.165, 1.54) is 66.8 Å². The van der Waals surface area contributed by atoms with E-state index in [-0.39, 0.29) is 18.2 Å². The maximum atomic E-state index is 8.76. The molecule has 0 aromatic heterocycles. The maximum absolute atomic E-state index is 8.76. The SMILES string of the molecule is CCCC1=Cc2c(-c3ccc(C(C)(C)C)cc3)cccc2[CH]1[Hf]([Cl])([Cl])([CH]1C(CCC)=Cc2c(-c3ccc(C(C)(C)C)cc3)cccc21)[SiH](C)C. The van der Waals surface area contributed by atoms with Crippen molar-refractivity contribution in [3.8, 4) is 22.3 Å². The van der Waals surface area contributed by atoms with Crippen molar-refractivity contribution in [1.29, 1.82) is 0 Å². The average Bonchev–Trinajstić information content (AvgIpc) is 3.63. The van der Waals surface area contributed by atoms with Crippen LogP contribution in [0, 0.1) is 0 Å². The minimum atomic E-state index is -5.01. The van der Waals surface area contributed by atoms with Crippen LogP contribution in [-0.2, 0) is 26.1 Å². The standard InChI is InChI=1S/2C22H25.C2H7Si.2ClH.Hf/c2*1-5-7-16-14-18-8-6-9-20(21(18)15-16)17-10-12-19(13-11-17)22(2,3)4;1-3-2;;;/h2*6,8-15H,5,7H2,1-4H3;3H,1-2H3;2*1H;/q;;;;;+2/p-2. The molecule has 0 spiro atoms. The minimum absolute atomic E-state index is 0.119. The second-order valence-corrected chi connectivity index (χ2v) is 76.7. The zero-order chi connectivity index (χ0) is 36.2. The molecule has 0 amide bonds. The summed E-state index contributed by atoms with van der Waals surface area (Å²) in [6.45, 7) is 23.2. The summed E-state index contributed by atoms with van der Waals surface area (Å²) in [5.74, 6) is -1.63. The Labute approximate surface area is 312 Å². The monoisotopic (exact) mass is 887 g/mol. The van der Waals surface area contributed by atoms with Crippen molar-refractivity contribution in [3.63, 3.8) is 0 Å². The van der Waals surface area contributed by atoms with Crippen molar-refractivity contribution >= 4 is 35.3 Å². The Morgan fingerprint density at radius 2 is 0.920 bits per heavy atom. The molecule has 2 aliphatic rings. The third kappa shape index (κ3) is 6.48. The molecule has 0 fully saturated rings. The van der Waals surface area contributed by atoms with Crippen LogP contribution in [0.1, 0.15) is 122 Å². The molecule has 4 aromatic carbocycles. The number of hydrogen-bond donors (Lipinski definition) is 0. The van der Waals surface area contributed by atoms with Crippen LogP contribution in [-0.4, -0.2) is 5.98 Å². The summed E-state index contributed by atoms with van der Waals surface area (Å²) < 4.78 is 0.244. The molecule has 4 aromatic rings. The van der Waals surface area contributed by atoms with Crippen LogP contribution >= 0.6 is 17.2 Å². The van der Waals surface area contributed by atoms with Gasteiger partial charge in [-0.1, -0.05) is 0 Å². The number of halogens is 2. The Kier molecular flexibility index (Phi) is 10.4. The Balaban J connectivity index is 1.54. The van der Waals surface area contributed by atoms with Crippen molar-refractivity contribution in [2.45, 2.75) is 112 Å². The van der Waals surface area contributed by atoms with Gasteiger partial charge in [0.15, 0.2) is 0 Å². The molecule has 0 nitrogen and oxygen atoms in total. The molecule has 0 aliphatic heterocycles. The zero-order valence-electron chi connectivity index (χ0n) is 32.1. The number of fused-ring (bicyclic) bond motifs is 2. The predicted octanol–water partition coefficient (Wildman–Crippen LogP) is 14.8. The summed E-state index contributed by atoms with van der Waals surface area (Å²) >= 11 is -5.01. The first kappa shape index (κ1) is 37.8. The van der Waals surface area contributed by atoms with Gasteiger partial charge in [-0.25, -0.2) is 0 Å². The van der Waals surface area contributed by atoms with Crippen LogP contribution in [0.2, 0.25) is 13.1 Å². The number of hydrogen-bond acceptors (Lipinski definition) is 0. The molecule has 50 heavy (non-hydrogen) atoms. The second-order valence-electron chi connectivity index (χ2n) is 17.5. The molecule has 4 heteroatoms. The van der Waals surface area contributed by atoms with E-state index in [0.29, 0.717) is 0 Å². The summed E-state index contributed by atoms with van der Waals surface area (Å²) in [6.07, 6.45) is 9.25. The van der Waals surface area contributed by atoms with Gasteiger partial charge in [0.2, 0.25) is 0 Å². The molecule has 0 heterocycles. The molecule has 6 rings (SSSR count). The van der Waals surface area contributed by atoms with Crippen LogP contribution in [0.15, 0.2) is 96.1 Å². The molecule has 0 bridgehead atoms. The van der Waals surface area contributed by atoms with Gasteiger partial charge in [0.1, 0.15) is 0 Å². The Morgan fingerprint density at radius 1 is 0.560 bits per heavy atom. The molecule has 0 saturated heterocycles. The summed E-state index contributed by atoms with van der Waals surface area (Å²) in [5.41, 5.74) is 16.5. The third-order valence-corrected chi connectivity index (χ3v) is 84.6. The van der Waals surface area contributed by atoms with Crippen LogP contribution in [0.5, 0.6) is 0 Å². The summed E-state index contributed by atoms with van der Waals surface area (Å²) in [4.78, 5) is 0. The van der Waals surface area contributed by atoms with Crippen LogP contribution in [0.3, 0.4) is 0 Å². The first-order chi connectivity index (χ1) is 23.5. The van der Waals surface area contributed by atoms with Crippen molar-refractivity contribution in [3.05, 3.63) is 129 Å². The van der Waals surface area contributed by atoms with Crippen molar-refractivity contribution in [2.24, 2.45) is 0 Å². The Morgan fingerprint density at radius 3 is 1.22 bits per heavy atom. The van der Waals surface area contributed by atoms with Gasteiger partial charge in [0.05, 0.1) is 0 Å². The van der Waals surface area contributed by atoms with E-state index in [9.17, 15) is 0 Å². The summed E-state index contributed by atoms with van der Waals surface area (Å²) in [5, 5.41) is 0.